The third-order valence-electron chi connectivity index (χ3n) is 1.72. The normalized spacial score (nSPS) is 10.1. The fraction of sp³-hybridized carbons (Fsp3) is 0.500. The Kier molecular flexibility index (Phi) is 5.21. The monoisotopic (exact) mass is 224 g/mol. The number of ether oxygens (including phenoxy) is 2. The average molecular weight is 224 g/mol. The summed E-state index contributed by atoms with van der Waals surface area (Å²) in [5.74, 6) is -0.102. The second-order valence-corrected chi connectivity index (χ2v) is 3.10. The fourth-order valence-electron chi connectivity index (χ4n) is 0.999. The van der Waals surface area contributed by atoms with Crippen molar-refractivity contribution >= 4 is 5.84 Å². The molecule has 1 heterocycles. The van der Waals surface area contributed by atoms with Crippen molar-refractivity contribution in [1.82, 2.24) is 9.97 Å². The first-order valence-corrected chi connectivity index (χ1v) is 5.12. The standard InChI is InChI=1S/C10H16N4O2/c1-2-5-15-6-7-16-10-13-4-3-8(14-10)9(11)12/h3-4H,2,5-7H2,1H3,(H3,11,12). The molecule has 0 saturated heterocycles. The minimum atomic E-state index is -0.102. The van der Waals surface area contributed by atoms with E-state index in [4.69, 9.17) is 20.6 Å². The van der Waals surface area contributed by atoms with Crippen LogP contribution in [0.25, 0.3) is 0 Å². The molecule has 0 fully saturated rings. The second kappa shape index (κ2) is 6.73. The molecular weight excluding hydrogens is 208 g/mol. The summed E-state index contributed by atoms with van der Waals surface area (Å²) in [6.45, 7) is 3.65. The summed E-state index contributed by atoms with van der Waals surface area (Å²) in [5, 5.41) is 7.21. The van der Waals surface area contributed by atoms with Crippen molar-refractivity contribution in [2.24, 2.45) is 5.73 Å². The van der Waals surface area contributed by atoms with Crippen molar-refractivity contribution in [3.05, 3.63) is 18.0 Å². The lowest BCUT2D eigenvalue weighted by atomic mass is 10.4. The number of nitrogens with two attached hydrogens (primary N) is 1. The van der Waals surface area contributed by atoms with Crippen LogP contribution < -0.4 is 10.5 Å². The molecule has 6 heteroatoms. The van der Waals surface area contributed by atoms with E-state index >= 15 is 0 Å². The zero-order valence-corrected chi connectivity index (χ0v) is 9.27. The maximum Gasteiger partial charge on any atom is 0.317 e. The van der Waals surface area contributed by atoms with Crippen molar-refractivity contribution in [1.29, 1.82) is 5.41 Å². The predicted molar refractivity (Wildman–Crippen MR) is 59.7 cm³/mol. The quantitative estimate of drug-likeness (QED) is 0.401. The van der Waals surface area contributed by atoms with Crippen molar-refractivity contribution in [3.8, 4) is 6.01 Å². The molecule has 3 N–H and O–H groups in total. The number of hydrogen-bond acceptors (Lipinski definition) is 5. The molecule has 0 aliphatic rings. The van der Waals surface area contributed by atoms with Crippen LogP contribution >= 0.6 is 0 Å². The molecule has 0 unspecified atom stereocenters. The fourth-order valence-corrected chi connectivity index (χ4v) is 0.999. The van der Waals surface area contributed by atoms with E-state index in [-0.39, 0.29) is 11.8 Å². The Morgan fingerprint density at radius 2 is 2.25 bits per heavy atom. The van der Waals surface area contributed by atoms with Gasteiger partial charge in [0.2, 0.25) is 0 Å². The lowest BCUT2D eigenvalue weighted by molar-refractivity contribution is 0.0972. The van der Waals surface area contributed by atoms with Gasteiger partial charge in [-0.2, -0.15) is 4.98 Å². The number of nitrogen functional groups attached to an aromatic ring is 1. The van der Waals surface area contributed by atoms with E-state index in [1.54, 1.807) is 6.07 Å². The van der Waals surface area contributed by atoms with Crippen molar-refractivity contribution < 1.29 is 9.47 Å². The highest BCUT2D eigenvalue weighted by Gasteiger charge is 2.02. The largest absolute Gasteiger partial charge is 0.461 e. The Morgan fingerprint density at radius 3 is 2.94 bits per heavy atom. The second-order valence-electron chi connectivity index (χ2n) is 3.10. The van der Waals surface area contributed by atoms with Gasteiger partial charge in [-0.05, 0) is 12.5 Å². The van der Waals surface area contributed by atoms with Crippen LogP contribution in [-0.4, -0.2) is 35.6 Å². The van der Waals surface area contributed by atoms with Gasteiger partial charge in [0.15, 0.2) is 0 Å². The molecule has 1 aromatic rings. The smallest absolute Gasteiger partial charge is 0.317 e. The number of rotatable bonds is 7. The van der Waals surface area contributed by atoms with Crippen LogP contribution in [0.2, 0.25) is 0 Å². The van der Waals surface area contributed by atoms with Crippen LogP contribution in [0.15, 0.2) is 12.3 Å². The number of nitrogens with zero attached hydrogens (tertiary/aromatic N) is 2. The summed E-state index contributed by atoms with van der Waals surface area (Å²) >= 11 is 0. The summed E-state index contributed by atoms with van der Waals surface area (Å²) in [5.41, 5.74) is 5.65. The molecule has 0 aliphatic carbocycles. The third-order valence-corrected chi connectivity index (χ3v) is 1.72. The average Bonchev–Trinajstić information content (AvgIpc) is 2.29. The molecule has 0 radical (unpaired) electrons. The zero-order chi connectivity index (χ0) is 11.8. The van der Waals surface area contributed by atoms with E-state index in [2.05, 4.69) is 9.97 Å². The molecule has 0 saturated carbocycles. The molecule has 0 aromatic carbocycles. The lowest BCUT2D eigenvalue weighted by Crippen LogP contribution is -2.15. The first kappa shape index (κ1) is 12.4. The van der Waals surface area contributed by atoms with Gasteiger partial charge in [-0.3, -0.25) is 5.41 Å². The summed E-state index contributed by atoms with van der Waals surface area (Å²) in [6, 6.07) is 1.77. The van der Waals surface area contributed by atoms with E-state index in [0.717, 1.165) is 13.0 Å². The number of aromatic nitrogens is 2. The molecular formula is C10H16N4O2. The molecule has 1 aromatic heterocycles. The molecule has 0 aliphatic heterocycles. The van der Waals surface area contributed by atoms with Gasteiger partial charge in [-0.1, -0.05) is 6.92 Å². The van der Waals surface area contributed by atoms with Crippen LogP contribution in [-0.2, 0) is 4.74 Å². The maximum absolute atomic E-state index is 7.21. The summed E-state index contributed by atoms with van der Waals surface area (Å²) in [7, 11) is 0. The molecule has 88 valence electrons. The number of amidine groups is 1. The Hall–Kier alpha value is -1.69. The highest BCUT2D eigenvalue weighted by molar-refractivity contribution is 5.92. The van der Waals surface area contributed by atoms with Gasteiger partial charge in [0, 0.05) is 12.8 Å². The molecule has 0 bridgehead atoms. The first-order valence-electron chi connectivity index (χ1n) is 5.12. The Labute approximate surface area is 94.3 Å². The maximum atomic E-state index is 7.21. The summed E-state index contributed by atoms with van der Waals surface area (Å²) in [6.07, 6.45) is 2.49. The number of hydrogen-bond donors (Lipinski definition) is 2. The lowest BCUT2D eigenvalue weighted by Gasteiger charge is -2.05. The zero-order valence-electron chi connectivity index (χ0n) is 9.27. The minimum Gasteiger partial charge on any atom is -0.461 e. The molecule has 0 atom stereocenters. The SMILES string of the molecule is CCCOCCOc1nccc(C(=N)N)n1. The molecule has 1 rings (SSSR count). The van der Waals surface area contributed by atoms with Crippen LogP contribution in [0, 0.1) is 5.41 Å². The third kappa shape index (κ3) is 4.22. The van der Waals surface area contributed by atoms with Crippen LogP contribution in [0.1, 0.15) is 19.0 Å². The van der Waals surface area contributed by atoms with Gasteiger partial charge >= 0.3 is 6.01 Å². The van der Waals surface area contributed by atoms with Crippen molar-refractivity contribution in [2.45, 2.75) is 13.3 Å². The first-order chi connectivity index (χ1) is 7.74. The Morgan fingerprint density at radius 1 is 1.44 bits per heavy atom. The van der Waals surface area contributed by atoms with E-state index in [9.17, 15) is 0 Å². The van der Waals surface area contributed by atoms with Gasteiger partial charge in [-0.15, -0.1) is 0 Å². The van der Waals surface area contributed by atoms with E-state index < -0.39 is 0 Å². The molecule has 16 heavy (non-hydrogen) atoms. The highest BCUT2D eigenvalue weighted by Crippen LogP contribution is 2.02. The topological polar surface area (TPSA) is 94.1 Å². The molecule has 6 nitrogen and oxygen atoms in total. The van der Waals surface area contributed by atoms with Gasteiger partial charge in [0.25, 0.3) is 0 Å². The van der Waals surface area contributed by atoms with Crippen LogP contribution in [0.3, 0.4) is 0 Å². The number of nitrogens with one attached hydrogen (secondary N) is 1. The van der Waals surface area contributed by atoms with E-state index in [1.807, 2.05) is 6.92 Å². The van der Waals surface area contributed by atoms with Gasteiger partial charge < -0.3 is 15.2 Å². The molecule has 0 amide bonds. The van der Waals surface area contributed by atoms with Gasteiger partial charge in [0.05, 0.1) is 6.61 Å². The van der Waals surface area contributed by atoms with Crippen LogP contribution in [0.4, 0.5) is 0 Å². The van der Waals surface area contributed by atoms with Crippen LogP contribution in [0.5, 0.6) is 6.01 Å². The van der Waals surface area contributed by atoms with Crippen molar-refractivity contribution in [3.63, 3.8) is 0 Å². The Bertz CT molecular complexity index is 343. The molecule has 0 spiro atoms. The highest BCUT2D eigenvalue weighted by atomic mass is 16.5. The predicted octanol–water partition coefficient (Wildman–Crippen LogP) is 0.566. The Balaban J connectivity index is 2.36. The van der Waals surface area contributed by atoms with E-state index in [0.29, 0.717) is 18.9 Å². The summed E-state index contributed by atoms with van der Waals surface area (Å²) in [4.78, 5) is 7.85. The van der Waals surface area contributed by atoms with Gasteiger partial charge in [0.1, 0.15) is 18.1 Å². The van der Waals surface area contributed by atoms with E-state index in [1.165, 1.54) is 6.20 Å². The van der Waals surface area contributed by atoms with Gasteiger partial charge in [-0.25, -0.2) is 4.98 Å². The minimum absolute atomic E-state index is 0.102. The summed E-state index contributed by atoms with van der Waals surface area (Å²) < 4.78 is 10.5. The van der Waals surface area contributed by atoms with Crippen molar-refractivity contribution in [2.75, 3.05) is 19.8 Å².